The molecule has 4 aromatic rings. The van der Waals surface area contributed by atoms with E-state index in [1.807, 2.05) is 29.2 Å². The summed E-state index contributed by atoms with van der Waals surface area (Å²) in [6.45, 7) is 17.4. The summed E-state index contributed by atoms with van der Waals surface area (Å²) >= 11 is 0. The molecular weight excluding hydrogens is 437 g/mol. The molecular formula is C30H36LiN5. The Balaban J connectivity index is 0.00000361. The predicted octanol–water partition coefficient (Wildman–Crippen LogP) is 3.51. The third kappa shape index (κ3) is 5.58. The SMILES string of the molecule is CC[C-](CC)[n+]1cc(C(C)(C)C)ncc1-c1[c-]ccc(-n2cc(-c3c(C)cc(C)cc3C)nn2)c1.[Li+]. The first-order chi connectivity index (χ1) is 16.6. The van der Waals surface area contributed by atoms with Crippen LogP contribution in [0.25, 0.3) is 28.2 Å². The van der Waals surface area contributed by atoms with Gasteiger partial charge in [0.25, 0.3) is 0 Å². The molecule has 0 radical (unpaired) electrons. The number of hydrogen-bond donors (Lipinski definition) is 0. The standard InChI is InChI=1S/C30H36N5.Li/c1-9-24(10-2)34-19-28(30(6,7)8)31-17-27(34)23-12-11-13-25(16-23)35-18-26(32-33-35)29-21(4)14-20(3)15-22(29)5;/h11,13-19H,9-10H2,1-8H3;/q-1;+1. The molecule has 0 aliphatic carbocycles. The van der Waals surface area contributed by atoms with Crippen LogP contribution in [0.4, 0.5) is 0 Å². The van der Waals surface area contributed by atoms with Gasteiger partial charge in [-0.2, -0.15) is 0 Å². The Morgan fingerprint density at radius 2 is 1.69 bits per heavy atom. The van der Waals surface area contributed by atoms with Crippen LogP contribution < -0.4 is 23.4 Å². The van der Waals surface area contributed by atoms with Crippen molar-refractivity contribution in [1.29, 1.82) is 0 Å². The van der Waals surface area contributed by atoms with Crippen LogP contribution in [0, 0.1) is 32.9 Å². The molecule has 182 valence electrons. The summed E-state index contributed by atoms with van der Waals surface area (Å²) in [6.07, 6.45) is 8.13. The van der Waals surface area contributed by atoms with Gasteiger partial charge in [-0.15, -0.1) is 29.4 Å². The third-order valence-corrected chi connectivity index (χ3v) is 6.51. The first-order valence-corrected chi connectivity index (χ1v) is 12.4. The number of hydrogen-bond acceptors (Lipinski definition) is 3. The quantitative estimate of drug-likeness (QED) is 0.245. The molecule has 2 heterocycles. The zero-order valence-electron chi connectivity index (χ0n) is 23.3. The van der Waals surface area contributed by atoms with Crippen molar-refractivity contribution in [2.75, 3.05) is 0 Å². The fourth-order valence-corrected chi connectivity index (χ4v) is 4.69. The van der Waals surface area contributed by atoms with E-state index in [0.717, 1.165) is 46.7 Å². The molecule has 0 amide bonds. The van der Waals surface area contributed by atoms with Gasteiger partial charge in [0.1, 0.15) is 11.4 Å². The maximum Gasteiger partial charge on any atom is 1.00 e. The molecule has 2 aromatic carbocycles. The van der Waals surface area contributed by atoms with E-state index in [0.29, 0.717) is 0 Å². The van der Waals surface area contributed by atoms with Gasteiger partial charge in [-0.3, -0.25) is 4.98 Å². The zero-order valence-corrected chi connectivity index (χ0v) is 23.3. The first kappa shape index (κ1) is 27.7. The van der Waals surface area contributed by atoms with Crippen molar-refractivity contribution in [3.63, 3.8) is 0 Å². The van der Waals surface area contributed by atoms with Gasteiger partial charge in [0.15, 0.2) is 0 Å². The van der Waals surface area contributed by atoms with Gasteiger partial charge in [-0.1, -0.05) is 63.1 Å². The monoisotopic (exact) mass is 473 g/mol. The molecule has 0 aliphatic rings. The van der Waals surface area contributed by atoms with E-state index in [9.17, 15) is 0 Å². The minimum Gasteiger partial charge on any atom is -0.313 e. The largest absolute Gasteiger partial charge is 1.00 e. The predicted molar refractivity (Wildman–Crippen MR) is 141 cm³/mol. The van der Waals surface area contributed by atoms with E-state index < -0.39 is 0 Å². The molecule has 6 heteroatoms. The average Bonchev–Trinajstić information content (AvgIpc) is 3.28. The number of aromatic nitrogens is 5. The number of rotatable bonds is 6. The van der Waals surface area contributed by atoms with Crippen molar-refractivity contribution in [1.82, 2.24) is 20.0 Å². The summed E-state index contributed by atoms with van der Waals surface area (Å²) in [4.78, 5) is 4.82. The van der Waals surface area contributed by atoms with Crippen molar-refractivity contribution in [3.05, 3.63) is 83.4 Å². The van der Waals surface area contributed by atoms with Gasteiger partial charge in [0.05, 0.1) is 30.3 Å². The number of benzene rings is 2. The molecule has 5 nitrogen and oxygen atoms in total. The minimum atomic E-state index is -0.0260. The fourth-order valence-electron chi connectivity index (χ4n) is 4.69. The fraction of sp³-hybridized carbons (Fsp3) is 0.367. The molecule has 36 heavy (non-hydrogen) atoms. The van der Waals surface area contributed by atoms with Gasteiger partial charge in [-0.05, 0) is 55.8 Å². The molecule has 0 fully saturated rings. The van der Waals surface area contributed by atoms with Crippen LogP contribution in [-0.2, 0) is 5.41 Å². The van der Waals surface area contributed by atoms with Crippen LogP contribution in [0.15, 0.2) is 48.9 Å². The van der Waals surface area contributed by atoms with Gasteiger partial charge >= 0.3 is 18.9 Å². The molecule has 4 rings (SSSR count). The second-order valence-electron chi connectivity index (χ2n) is 10.3. The summed E-state index contributed by atoms with van der Waals surface area (Å²) < 4.78 is 4.14. The normalized spacial score (nSPS) is 11.3. The Morgan fingerprint density at radius 3 is 2.31 bits per heavy atom. The molecule has 0 bridgehead atoms. The molecule has 0 saturated carbocycles. The first-order valence-electron chi connectivity index (χ1n) is 12.4. The Kier molecular flexibility index (Phi) is 8.49. The number of nitrogens with zero attached hydrogens (tertiary/aromatic N) is 5. The van der Waals surface area contributed by atoms with Crippen molar-refractivity contribution in [2.24, 2.45) is 0 Å². The Hall–Kier alpha value is -2.87. The van der Waals surface area contributed by atoms with Gasteiger partial charge in [0, 0.05) is 5.56 Å². The average molecular weight is 474 g/mol. The minimum absolute atomic E-state index is 0. The summed E-state index contributed by atoms with van der Waals surface area (Å²) in [5, 5.41) is 8.97. The van der Waals surface area contributed by atoms with Crippen molar-refractivity contribution >= 4 is 0 Å². The summed E-state index contributed by atoms with van der Waals surface area (Å²) in [5.74, 6) is 0. The Labute approximate surface area is 228 Å². The summed E-state index contributed by atoms with van der Waals surface area (Å²) in [5.41, 5.74) is 9.72. The van der Waals surface area contributed by atoms with Crippen molar-refractivity contribution in [3.8, 4) is 28.2 Å². The zero-order chi connectivity index (χ0) is 25.3. The molecule has 0 unspecified atom stereocenters. The van der Waals surface area contributed by atoms with Crippen LogP contribution >= 0.6 is 0 Å². The van der Waals surface area contributed by atoms with Crippen LogP contribution in [0.5, 0.6) is 0 Å². The van der Waals surface area contributed by atoms with Crippen LogP contribution in [-0.4, -0.2) is 20.0 Å². The van der Waals surface area contributed by atoms with Gasteiger partial charge in [0.2, 0.25) is 0 Å². The molecule has 0 N–H and O–H groups in total. The maximum atomic E-state index is 4.82. The summed E-state index contributed by atoms with van der Waals surface area (Å²) in [6, 6.07) is 15.2. The maximum absolute atomic E-state index is 4.82. The van der Waals surface area contributed by atoms with E-state index in [4.69, 9.17) is 4.98 Å². The van der Waals surface area contributed by atoms with E-state index in [1.54, 1.807) is 0 Å². The Bertz CT molecular complexity index is 1320. The molecule has 0 saturated heterocycles. The molecule has 2 aromatic heterocycles. The van der Waals surface area contributed by atoms with Crippen LogP contribution in [0.1, 0.15) is 69.8 Å². The van der Waals surface area contributed by atoms with E-state index in [2.05, 4.69) is 101 Å². The van der Waals surface area contributed by atoms with E-state index in [-0.39, 0.29) is 24.3 Å². The molecule has 0 atom stereocenters. The van der Waals surface area contributed by atoms with Gasteiger partial charge < -0.3 is 4.57 Å². The van der Waals surface area contributed by atoms with Crippen molar-refractivity contribution in [2.45, 2.75) is 73.6 Å². The van der Waals surface area contributed by atoms with E-state index >= 15 is 0 Å². The third-order valence-electron chi connectivity index (χ3n) is 6.51. The Morgan fingerprint density at radius 1 is 1.03 bits per heavy atom. The van der Waals surface area contributed by atoms with Crippen LogP contribution in [0.3, 0.4) is 0 Å². The van der Waals surface area contributed by atoms with E-state index in [1.165, 1.54) is 22.7 Å². The second-order valence-corrected chi connectivity index (χ2v) is 10.3. The van der Waals surface area contributed by atoms with Crippen molar-refractivity contribution < 1.29 is 23.4 Å². The number of aryl methyl sites for hydroxylation is 3. The molecule has 0 spiro atoms. The van der Waals surface area contributed by atoms with Crippen LogP contribution in [0.2, 0.25) is 0 Å². The topological polar surface area (TPSA) is 47.5 Å². The summed E-state index contributed by atoms with van der Waals surface area (Å²) in [7, 11) is 0. The smallest absolute Gasteiger partial charge is 0.313 e. The van der Waals surface area contributed by atoms with Gasteiger partial charge in [-0.25, -0.2) is 4.68 Å². The second kappa shape index (κ2) is 11.0. The molecule has 0 aliphatic heterocycles.